The molecule has 2 unspecified atom stereocenters. The molecule has 1 aliphatic heterocycles. The van der Waals surface area contributed by atoms with Crippen LogP contribution in [0.25, 0.3) is 0 Å². The number of carbonyl (C=O) groups excluding carboxylic acids is 1. The molecule has 0 spiro atoms. The van der Waals surface area contributed by atoms with E-state index in [9.17, 15) is 19.5 Å². The Kier molecular flexibility index (Phi) is 2.83. The van der Waals surface area contributed by atoms with Crippen LogP contribution >= 0.6 is 0 Å². The number of imide groups is 1. The number of rotatable bonds is 1. The molecule has 0 aromatic carbocycles. The number of hydrogen-bond acceptors (Lipinski definition) is 3. The second-order valence-electron chi connectivity index (χ2n) is 5.68. The third-order valence-corrected chi connectivity index (χ3v) is 3.71. The zero-order valence-electron chi connectivity index (χ0n) is 10.5. The first-order valence-corrected chi connectivity index (χ1v) is 5.40. The van der Waals surface area contributed by atoms with Gasteiger partial charge in [0.25, 0.3) is 0 Å². The van der Waals surface area contributed by atoms with Crippen LogP contribution in [0.3, 0.4) is 0 Å². The number of nitrogens with zero attached hydrogens (tertiary/aromatic N) is 1. The monoisotopic (exact) mass is 244 g/mol. The molecule has 0 aromatic rings. The molecule has 2 N–H and O–H groups in total. The van der Waals surface area contributed by atoms with E-state index in [1.165, 1.54) is 6.92 Å². The normalized spacial score (nSPS) is 33.8. The lowest BCUT2D eigenvalue weighted by Crippen LogP contribution is -2.65. The zero-order chi connectivity index (χ0) is 13.6. The zero-order valence-corrected chi connectivity index (χ0v) is 10.5. The number of quaternary nitrogens is 1. The van der Waals surface area contributed by atoms with Gasteiger partial charge in [-0.15, -0.1) is 0 Å². The van der Waals surface area contributed by atoms with Crippen molar-refractivity contribution in [2.24, 2.45) is 5.41 Å². The van der Waals surface area contributed by atoms with E-state index in [0.717, 1.165) is 0 Å². The predicted molar refractivity (Wildman–Crippen MR) is 58.3 cm³/mol. The summed E-state index contributed by atoms with van der Waals surface area (Å²) in [5.74, 6) is -2.00. The van der Waals surface area contributed by atoms with Crippen molar-refractivity contribution in [1.29, 1.82) is 0 Å². The molecule has 0 saturated carbocycles. The van der Waals surface area contributed by atoms with E-state index in [2.05, 4.69) is 0 Å². The Morgan fingerprint density at radius 2 is 1.76 bits per heavy atom. The second kappa shape index (κ2) is 3.53. The second-order valence-corrected chi connectivity index (χ2v) is 5.68. The van der Waals surface area contributed by atoms with Gasteiger partial charge < -0.3 is 10.2 Å². The molecule has 0 aliphatic carbocycles. The van der Waals surface area contributed by atoms with Gasteiger partial charge in [0.2, 0.25) is 0 Å². The highest BCUT2D eigenvalue weighted by Crippen LogP contribution is 2.42. The minimum absolute atomic E-state index is 0.0144. The van der Waals surface area contributed by atoms with Gasteiger partial charge in [-0.3, -0.25) is 4.79 Å². The summed E-state index contributed by atoms with van der Waals surface area (Å²) in [6, 6.07) is 0. The molecule has 17 heavy (non-hydrogen) atoms. The number of aliphatic carboxylic acids is 1. The van der Waals surface area contributed by atoms with E-state index in [1.807, 2.05) is 0 Å². The summed E-state index contributed by atoms with van der Waals surface area (Å²) in [5, 5.41) is 18.4. The molecule has 6 nitrogen and oxygen atoms in total. The first-order chi connectivity index (χ1) is 7.50. The Bertz CT molecular complexity index is 397. The van der Waals surface area contributed by atoms with E-state index in [0.29, 0.717) is 0 Å². The third kappa shape index (κ3) is 1.55. The number of carboxylic acid groups (broad SMARTS) is 2. The minimum atomic E-state index is -1.61. The highest BCUT2D eigenvalue weighted by Gasteiger charge is 2.68. The smallest absolute Gasteiger partial charge is 0.480 e. The maximum absolute atomic E-state index is 12.3. The highest BCUT2D eigenvalue weighted by atomic mass is 16.4. The van der Waals surface area contributed by atoms with Crippen LogP contribution in [0.2, 0.25) is 0 Å². The van der Waals surface area contributed by atoms with Crippen LogP contribution in [-0.4, -0.2) is 44.7 Å². The fraction of sp³-hybridized carbons (Fsp3) is 0.727. The number of likely N-dealkylation sites (tertiary alicyclic amines) is 1. The summed E-state index contributed by atoms with van der Waals surface area (Å²) in [4.78, 5) is 34.9. The lowest BCUT2D eigenvalue weighted by atomic mass is 9.88. The van der Waals surface area contributed by atoms with Gasteiger partial charge >= 0.3 is 18.0 Å². The van der Waals surface area contributed by atoms with E-state index in [1.54, 1.807) is 20.8 Å². The van der Waals surface area contributed by atoms with Crippen molar-refractivity contribution in [2.75, 3.05) is 6.54 Å². The van der Waals surface area contributed by atoms with Crippen LogP contribution in [0.1, 0.15) is 34.1 Å². The topological polar surface area (TPSA) is 91.7 Å². The first-order valence-electron chi connectivity index (χ1n) is 5.40. The van der Waals surface area contributed by atoms with Gasteiger partial charge in [-0.2, -0.15) is 9.28 Å². The van der Waals surface area contributed by atoms with E-state index in [-0.39, 0.29) is 13.0 Å². The number of carboxylic acids is 1. The number of carbonyl (C=O) groups is 3. The molecule has 6 heteroatoms. The molecular formula is C11H18NO5+. The molecule has 1 saturated heterocycles. The summed E-state index contributed by atoms with van der Waals surface area (Å²) in [7, 11) is 0. The lowest BCUT2D eigenvalue weighted by Gasteiger charge is -2.38. The summed E-state index contributed by atoms with van der Waals surface area (Å²) >= 11 is 0. The van der Waals surface area contributed by atoms with Crippen molar-refractivity contribution in [3.05, 3.63) is 0 Å². The molecule has 2 amide bonds. The Balaban J connectivity index is 3.38. The van der Waals surface area contributed by atoms with E-state index >= 15 is 0 Å². The van der Waals surface area contributed by atoms with Crippen LogP contribution in [0.15, 0.2) is 0 Å². The maximum atomic E-state index is 12.3. The molecule has 1 fully saturated rings. The molecule has 1 aliphatic rings. The molecule has 1 heterocycles. The quantitative estimate of drug-likeness (QED) is 0.536. The minimum Gasteiger partial charge on any atom is -0.480 e. The summed E-state index contributed by atoms with van der Waals surface area (Å²) in [6.45, 7) is 6.21. The number of hydrogen-bond donors (Lipinski definition) is 2. The Morgan fingerprint density at radius 1 is 1.29 bits per heavy atom. The van der Waals surface area contributed by atoms with Gasteiger partial charge in [0.05, 0.1) is 6.54 Å². The fourth-order valence-corrected chi connectivity index (χ4v) is 2.33. The molecule has 2 atom stereocenters. The van der Waals surface area contributed by atoms with Crippen LogP contribution in [-0.2, 0) is 9.59 Å². The third-order valence-electron chi connectivity index (χ3n) is 3.71. The van der Waals surface area contributed by atoms with Crippen LogP contribution < -0.4 is 0 Å². The van der Waals surface area contributed by atoms with Gasteiger partial charge in [0.1, 0.15) is 5.54 Å². The van der Waals surface area contributed by atoms with Gasteiger partial charge in [-0.05, 0) is 27.7 Å². The average molecular weight is 244 g/mol. The van der Waals surface area contributed by atoms with Crippen molar-refractivity contribution in [3.8, 4) is 0 Å². The molecule has 1 rings (SSSR count). The van der Waals surface area contributed by atoms with Gasteiger partial charge in [-0.25, -0.2) is 4.79 Å². The molecule has 0 radical (unpaired) electrons. The number of amides is 2. The molecule has 0 aromatic heterocycles. The van der Waals surface area contributed by atoms with Crippen molar-refractivity contribution in [1.82, 2.24) is 0 Å². The molecule has 0 bridgehead atoms. The van der Waals surface area contributed by atoms with Crippen molar-refractivity contribution >= 4 is 18.0 Å². The molecular weight excluding hydrogens is 226 g/mol. The first kappa shape index (κ1) is 13.6. The van der Waals surface area contributed by atoms with Crippen LogP contribution in [0.4, 0.5) is 4.79 Å². The standard InChI is InChI=1S/C11H17NO5/c1-10(2,3)12(9(16)17)6-5-11(4,7(12)13)8(14)15/h5-6H2,1-4H3,(H-,14,15,16,17)/p+1. The summed E-state index contributed by atoms with van der Waals surface area (Å²) < 4.78 is -0.824. The van der Waals surface area contributed by atoms with Crippen LogP contribution in [0.5, 0.6) is 0 Å². The van der Waals surface area contributed by atoms with Gasteiger partial charge in [-0.1, -0.05) is 0 Å². The Labute approximate surface area is 99.4 Å². The van der Waals surface area contributed by atoms with Crippen LogP contribution in [0, 0.1) is 5.41 Å². The largest absolute Gasteiger partial charge is 0.521 e. The Morgan fingerprint density at radius 3 is 1.94 bits per heavy atom. The fourth-order valence-electron chi connectivity index (χ4n) is 2.33. The maximum Gasteiger partial charge on any atom is 0.521 e. The van der Waals surface area contributed by atoms with Crippen molar-refractivity contribution in [2.45, 2.75) is 39.7 Å². The molecule has 96 valence electrons. The average Bonchev–Trinajstić information content (AvgIpc) is 2.41. The highest BCUT2D eigenvalue weighted by molar-refractivity contribution is 6.02. The van der Waals surface area contributed by atoms with E-state index in [4.69, 9.17) is 5.11 Å². The van der Waals surface area contributed by atoms with E-state index < -0.39 is 33.4 Å². The van der Waals surface area contributed by atoms with Gasteiger partial charge in [0.15, 0.2) is 5.41 Å². The lowest BCUT2D eigenvalue weighted by molar-refractivity contribution is -0.824. The van der Waals surface area contributed by atoms with Crippen molar-refractivity contribution < 1.29 is 29.1 Å². The SMILES string of the molecule is CC1(C(=O)O)CC[N+](C(=O)O)(C(C)(C)C)C1=O. The summed E-state index contributed by atoms with van der Waals surface area (Å²) in [6.07, 6.45) is -1.24. The van der Waals surface area contributed by atoms with Crippen molar-refractivity contribution in [3.63, 3.8) is 0 Å². The Hall–Kier alpha value is -1.43. The van der Waals surface area contributed by atoms with Gasteiger partial charge in [0, 0.05) is 6.42 Å². The predicted octanol–water partition coefficient (Wildman–Crippen LogP) is 1.30. The summed E-state index contributed by atoms with van der Waals surface area (Å²) in [5.41, 5.74) is -2.47.